The number of hydrogen-bond acceptors (Lipinski definition) is 2. The zero-order valence-electron chi connectivity index (χ0n) is 12.8. The van der Waals surface area contributed by atoms with Crippen molar-refractivity contribution in [2.24, 2.45) is 16.6 Å². The van der Waals surface area contributed by atoms with E-state index in [2.05, 4.69) is 46.0 Å². The molecule has 1 saturated heterocycles. The first-order valence-electron chi connectivity index (χ1n) is 7.37. The predicted molar refractivity (Wildman–Crippen MR) is 86.1 cm³/mol. The summed E-state index contributed by atoms with van der Waals surface area (Å²) in [4.78, 5) is 8.87. The lowest BCUT2D eigenvalue weighted by Gasteiger charge is -2.31. The molecule has 20 heavy (non-hydrogen) atoms. The lowest BCUT2D eigenvalue weighted by atomic mass is 10.0. The van der Waals surface area contributed by atoms with Crippen molar-refractivity contribution in [3.8, 4) is 0 Å². The molecule has 0 spiro atoms. The van der Waals surface area contributed by atoms with Gasteiger partial charge >= 0.3 is 0 Å². The topological polar surface area (TPSA) is 44.9 Å². The van der Waals surface area contributed by atoms with Crippen molar-refractivity contribution < 1.29 is 0 Å². The summed E-state index contributed by atoms with van der Waals surface area (Å²) >= 11 is 0. The summed E-state index contributed by atoms with van der Waals surface area (Å²) in [7, 11) is 4.09. The van der Waals surface area contributed by atoms with Gasteiger partial charge in [-0.15, -0.1) is 0 Å². The second kappa shape index (κ2) is 6.64. The van der Waals surface area contributed by atoms with Crippen molar-refractivity contribution >= 4 is 11.6 Å². The fourth-order valence-corrected chi connectivity index (χ4v) is 2.60. The monoisotopic (exact) mass is 274 g/mol. The second-order valence-electron chi connectivity index (χ2n) is 5.93. The van der Waals surface area contributed by atoms with Crippen LogP contribution in [0.5, 0.6) is 0 Å². The third-order valence-corrected chi connectivity index (χ3v) is 3.83. The number of hydrogen-bond donors (Lipinski definition) is 1. The first-order valence-corrected chi connectivity index (χ1v) is 7.37. The Morgan fingerprint density at radius 2 is 2.25 bits per heavy atom. The van der Waals surface area contributed by atoms with Gasteiger partial charge < -0.3 is 15.5 Å². The van der Waals surface area contributed by atoms with E-state index >= 15 is 0 Å². The average Bonchev–Trinajstić information content (AvgIpc) is 2.45. The smallest absolute Gasteiger partial charge is 0.191 e. The number of nitrogens with zero attached hydrogens (tertiary/aromatic N) is 3. The molecule has 1 unspecified atom stereocenters. The van der Waals surface area contributed by atoms with Crippen molar-refractivity contribution in [1.29, 1.82) is 0 Å². The Morgan fingerprint density at radius 3 is 2.95 bits per heavy atom. The molecular weight excluding hydrogens is 248 g/mol. The standard InChI is InChI=1S/C16H26N4/c1-13-6-5-9-20(12-13)16(17)18-11-14-7-4-8-15(10-14)19(2)3/h4,7-8,10,13H,5-6,9,11-12H2,1-3H3,(H2,17,18). The Morgan fingerprint density at radius 1 is 1.45 bits per heavy atom. The number of nitrogens with two attached hydrogens (primary N) is 1. The number of aliphatic imine (C=N–C) groups is 1. The number of guanidine groups is 1. The van der Waals surface area contributed by atoms with Crippen LogP contribution in [-0.4, -0.2) is 38.0 Å². The zero-order chi connectivity index (χ0) is 14.5. The van der Waals surface area contributed by atoms with Crippen molar-refractivity contribution in [3.05, 3.63) is 29.8 Å². The van der Waals surface area contributed by atoms with Crippen LogP contribution in [0, 0.1) is 5.92 Å². The molecule has 1 heterocycles. The lowest BCUT2D eigenvalue weighted by molar-refractivity contribution is 0.270. The molecule has 0 aromatic heterocycles. The molecule has 0 aliphatic carbocycles. The molecule has 0 amide bonds. The van der Waals surface area contributed by atoms with Crippen molar-refractivity contribution in [2.45, 2.75) is 26.3 Å². The fourth-order valence-electron chi connectivity index (χ4n) is 2.60. The highest BCUT2D eigenvalue weighted by Crippen LogP contribution is 2.16. The van der Waals surface area contributed by atoms with E-state index in [0.717, 1.165) is 19.0 Å². The third kappa shape index (κ3) is 3.89. The van der Waals surface area contributed by atoms with Crippen LogP contribution in [-0.2, 0) is 6.54 Å². The number of piperidine rings is 1. The van der Waals surface area contributed by atoms with Gasteiger partial charge in [-0.3, -0.25) is 0 Å². The van der Waals surface area contributed by atoms with Gasteiger partial charge in [-0.05, 0) is 36.5 Å². The minimum atomic E-state index is 0.651. The summed E-state index contributed by atoms with van der Waals surface area (Å²) in [6.45, 7) is 5.00. The van der Waals surface area contributed by atoms with Crippen LogP contribution in [0.15, 0.2) is 29.3 Å². The van der Waals surface area contributed by atoms with E-state index in [9.17, 15) is 0 Å². The molecule has 0 radical (unpaired) electrons. The van der Waals surface area contributed by atoms with Gasteiger partial charge in [0.05, 0.1) is 6.54 Å². The van der Waals surface area contributed by atoms with E-state index < -0.39 is 0 Å². The molecule has 2 N–H and O–H groups in total. The van der Waals surface area contributed by atoms with Gasteiger partial charge in [0.2, 0.25) is 0 Å². The van der Waals surface area contributed by atoms with E-state index in [0.29, 0.717) is 12.5 Å². The van der Waals surface area contributed by atoms with Crippen LogP contribution in [0.1, 0.15) is 25.3 Å². The molecule has 4 heteroatoms. The third-order valence-electron chi connectivity index (χ3n) is 3.83. The molecule has 1 aromatic rings. The molecule has 1 aliphatic rings. The van der Waals surface area contributed by atoms with Crippen LogP contribution in [0.3, 0.4) is 0 Å². The fraction of sp³-hybridized carbons (Fsp3) is 0.562. The molecule has 110 valence electrons. The maximum absolute atomic E-state index is 6.12. The quantitative estimate of drug-likeness (QED) is 0.679. The summed E-state index contributed by atoms with van der Waals surface area (Å²) in [5.74, 6) is 1.40. The summed E-state index contributed by atoms with van der Waals surface area (Å²) in [5, 5.41) is 0. The Hall–Kier alpha value is -1.71. The van der Waals surface area contributed by atoms with Crippen LogP contribution < -0.4 is 10.6 Å². The van der Waals surface area contributed by atoms with Gasteiger partial charge in [-0.25, -0.2) is 4.99 Å². The zero-order valence-corrected chi connectivity index (χ0v) is 12.8. The van der Waals surface area contributed by atoms with E-state index in [1.165, 1.54) is 24.1 Å². The van der Waals surface area contributed by atoms with E-state index in [-0.39, 0.29) is 0 Å². The normalized spacial score (nSPS) is 20.1. The minimum Gasteiger partial charge on any atom is -0.378 e. The van der Waals surface area contributed by atoms with Crippen LogP contribution in [0.2, 0.25) is 0 Å². The first kappa shape index (κ1) is 14.7. The summed E-state index contributed by atoms with van der Waals surface area (Å²) in [5.41, 5.74) is 8.52. The first-order chi connectivity index (χ1) is 9.56. The summed E-state index contributed by atoms with van der Waals surface area (Å²) in [6, 6.07) is 8.43. The largest absolute Gasteiger partial charge is 0.378 e. The molecule has 0 saturated carbocycles. The van der Waals surface area contributed by atoms with Gasteiger partial charge in [0.25, 0.3) is 0 Å². The van der Waals surface area contributed by atoms with Gasteiger partial charge in [-0.1, -0.05) is 19.1 Å². The average molecular weight is 274 g/mol. The highest BCUT2D eigenvalue weighted by molar-refractivity contribution is 5.78. The van der Waals surface area contributed by atoms with Gasteiger partial charge in [0.1, 0.15) is 0 Å². The Balaban J connectivity index is 1.99. The Kier molecular flexibility index (Phi) is 4.88. The van der Waals surface area contributed by atoms with Gasteiger partial charge in [0.15, 0.2) is 5.96 Å². The van der Waals surface area contributed by atoms with E-state index in [1.807, 2.05) is 14.1 Å². The lowest BCUT2D eigenvalue weighted by Crippen LogP contribution is -2.43. The predicted octanol–water partition coefficient (Wildman–Crippen LogP) is 2.30. The van der Waals surface area contributed by atoms with Crippen LogP contribution in [0.4, 0.5) is 5.69 Å². The molecule has 0 bridgehead atoms. The maximum atomic E-state index is 6.12. The second-order valence-corrected chi connectivity index (χ2v) is 5.93. The molecule has 1 aromatic carbocycles. The molecule has 1 aliphatic heterocycles. The Bertz CT molecular complexity index is 467. The molecule has 1 fully saturated rings. The number of anilines is 1. The molecule has 2 rings (SSSR count). The number of rotatable bonds is 3. The Labute approximate surface area is 122 Å². The van der Waals surface area contributed by atoms with Crippen LogP contribution >= 0.6 is 0 Å². The van der Waals surface area contributed by atoms with Crippen molar-refractivity contribution in [1.82, 2.24) is 4.90 Å². The van der Waals surface area contributed by atoms with E-state index in [4.69, 9.17) is 5.73 Å². The van der Waals surface area contributed by atoms with E-state index in [1.54, 1.807) is 0 Å². The number of benzene rings is 1. The summed E-state index contributed by atoms with van der Waals surface area (Å²) in [6.07, 6.45) is 2.52. The van der Waals surface area contributed by atoms with Crippen molar-refractivity contribution in [3.63, 3.8) is 0 Å². The maximum Gasteiger partial charge on any atom is 0.191 e. The van der Waals surface area contributed by atoms with Gasteiger partial charge in [-0.2, -0.15) is 0 Å². The van der Waals surface area contributed by atoms with Crippen molar-refractivity contribution in [2.75, 3.05) is 32.1 Å². The molecule has 4 nitrogen and oxygen atoms in total. The summed E-state index contributed by atoms with van der Waals surface area (Å²) < 4.78 is 0. The van der Waals surface area contributed by atoms with Crippen LogP contribution in [0.25, 0.3) is 0 Å². The highest BCUT2D eigenvalue weighted by Gasteiger charge is 2.17. The molecular formula is C16H26N4. The SMILES string of the molecule is CC1CCCN(C(N)=NCc2cccc(N(C)C)c2)C1. The van der Waals surface area contributed by atoms with Gasteiger partial charge in [0, 0.05) is 32.9 Å². The highest BCUT2D eigenvalue weighted by atomic mass is 15.3. The molecule has 1 atom stereocenters. The minimum absolute atomic E-state index is 0.651. The number of likely N-dealkylation sites (tertiary alicyclic amines) is 1.